The molecule has 1 aromatic heterocycles. The first kappa shape index (κ1) is 25.7. The Hall–Kier alpha value is -5.28. The topological polar surface area (TPSA) is 75.0 Å². The number of carbonyl (C=O) groups is 2. The van der Waals surface area contributed by atoms with Crippen LogP contribution in [0.5, 0.6) is 5.75 Å². The molecule has 0 bridgehead atoms. The van der Waals surface area contributed by atoms with E-state index in [1.165, 1.54) is 14.2 Å². The summed E-state index contributed by atoms with van der Waals surface area (Å²) in [5.41, 5.74) is 2.96. The number of hydrogen-bond acceptors (Lipinski definition) is 6. The molecule has 0 radical (unpaired) electrons. The summed E-state index contributed by atoms with van der Waals surface area (Å²) in [7, 11) is 4.21. The van der Waals surface area contributed by atoms with Crippen LogP contribution in [-0.2, 0) is 31.9 Å². The minimum absolute atomic E-state index is 0.108. The van der Waals surface area contributed by atoms with Gasteiger partial charge < -0.3 is 18.6 Å². The van der Waals surface area contributed by atoms with Gasteiger partial charge in [0, 0.05) is 33.5 Å². The zero-order valence-electron chi connectivity index (χ0n) is 23.4. The van der Waals surface area contributed by atoms with Crippen molar-refractivity contribution in [2.75, 3.05) is 21.3 Å². The number of fused-ring (bicyclic) bond motifs is 7. The summed E-state index contributed by atoms with van der Waals surface area (Å²) in [4.78, 5) is 26.2. The van der Waals surface area contributed by atoms with Gasteiger partial charge in [0.05, 0.1) is 26.9 Å². The maximum atomic E-state index is 13.1. The fraction of sp³-hybridized carbons (Fsp3) is 0.167. The zero-order valence-corrected chi connectivity index (χ0v) is 23.4. The van der Waals surface area contributed by atoms with Crippen molar-refractivity contribution in [3.8, 4) is 17.6 Å². The Morgan fingerprint density at radius 1 is 0.762 bits per heavy atom. The maximum Gasteiger partial charge on any atom is 0.323 e. The molecule has 42 heavy (non-hydrogen) atoms. The molecule has 1 aliphatic rings. The molecule has 0 fully saturated rings. The Labute approximate surface area is 241 Å². The molecule has 0 aliphatic heterocycles. The summed E-state index contributed by atoms with van der Waals surface area (Å²) in [5.74, 6) is 6.20. The second-order valence-electron chi connectivity index (χ2n) is 10.6. The van der Waals surface area contributed by atoms with Gasteiger partial charge in [0.15, 0.2) is 5.41 Å². The molecule has 0 saturated carbocycles. The summed E-state index contributed by atoms with van der Waals surface area (Å²) in [5, 5.41) is 5.84. The van der Waals surface area contributed by atoms with Crippen LogP contribution < -0.4 is 4.74 Å². The molecule has 6 aromatic rings. The second kappa shape index (κ2) is 9.67. The van der Waals surface area contributed by atoms with Gasteiger partial charge in [-0.2, -0.15) is 0 Å². The molecule has 1 aliphatic carbocycles. The molecule has 0 spiro atoms. The van der Waals surface area contributed by atoms with Crippen LogP contribution >= 0.6 is 0 Å². The number of furan rings is 1. The van der Waals surface area contributed by atoms with E-state index in [2.05, 4.69) is 24.0 Å². The highest BCUT2D eigenvalue weighted by Gasteiger charge is 2.53. The minimum atomic E-state index is -1.50. The Morgan fingerprint density at radius 2 is 1.43 bits per heavy atom. The van der Waals surface area contributed by atoms with Crippen LogP contribution in [-0.4, -0.2) is 33.3 Å². The fourth-order valence-corrected chi connectivity index (χ4v) is 6.40. The first-order valence-corrected chi connectivity index (χ1v) is 13.6. The van der Waals surface area contributed by atoms with E-state index >= 15 is 0 Å². The van der Waals surface area contributed by atoms with Crippen LogP contribution in [0.1, 0.15) is 22.3 Å². The quantitative estimate of drug-likeness (QED) is 0.137. The van der Waals surface area contributed by atoms with Crippen molar-refractivity contribution in [3.63, 3.8) is 0 Å². The van der Waals surface area contributed by atoms with Crippen LogP contribution in [0.25, 0.3) is 43.5 Å². The second-order valence-corrected chi connectivity index (χ2v) is 10.6. The normalized spacial score (nSPS) is 13.6. The van der Waals surface area contributed by atoms with Gasteiger partial charge in [0.25, 0.3) is 0 Å². The van der Waals surface area contributed by atoms with Crippen LogP contribution in [0, 0.1) is 17.3 Å². The lowest BCUT2D eigenvalue weighted by Crippen LogP contribution is -2.42. The van der Waals surface area contributed by atoms with E-state index in [1.807, 2.05) is 66.7 Å². The number of methoxy groups -OCH3 is 3. The SMILES string of the molecule is COC(=O)C1(C(=O)OC)Cc2cc3oc4c5ccccc5ccc4c3c(C#Cc3ccc4ccccc4c3OC)c2C1. The van der Waals surface area contributed by atoms with E-state index in [1.54, 1.807) is 7.11 Å². The van der Waals surface area contributed by atoms with Gasteiger partial charge >= 0.3 is 11.9 Å². The number of esters is 2. The Balaban J connectivity index is 1.53. The van der Waals surface area contributed by atoms with Gasteiger partial charge in [0.2, 0.25) is 0 Å². The van der Waals surface area contributed by atoms with Crippen molar-refractivity contribution in [2.45, 2.75) is 12.8 Å². The smallest absolute Gasteiger partial charge is 0.323 e. The highest BCUT2D eigenvalue weighted by Crippen LogP contribution is 2.46. The highest BCUT2D eigenvalue weighted by atomic mass is 16.5. The van der Waals surface area contributed by atoms with Crippen molar-refractivity contribution >= 4 is 55.4 Å². The monoisotopic (exact) mass is 554 g/mol. The summed E-state index contributed by atoms with van der Waals surface area (Å²) in [6.45, 7) is 0. The third-order valence-electron chi connectivity index (χ3n) is 8.38. The van der Waals surface area contributed by atoms with E-state index in [4.69, 9.17) is 18.6 Å². The molecule has 0 atom stereocenters. The lowest BCUT2D eigenvalue weighted by Gasteiger charge is -2.22. The minimum Gasteiger partial charge on any atom is -0.495 e. The van der Waals surface area contributed by atoms with E-state index in [-0.39, 0.29) is 12.8 Å². The van der Waals surface area contributed by atoms with E-state index in [0.717, 1.165) is 54.6 Å². The molecule has 6 nitrogen and oxygen atoms in total. The Kier molecular flexibility index (Phi) is 5.91. The summed E-state index contributed by atoms with van der Waals surface area (Å²) in [6.07, 6.45) is 0.236. The molecule has 0 amide bonds. The Bertz CT molecular complexity index is 2140. The number of hydrogen-bond donors (Lipinski definition) is 0. The predicted octanol–water partition coefficient (Wildman–Crippen LogP) is 6.73. The zero-order chi connectivity index (χ0) is 29.0. The van der Waals surface area contributed by atoms with Gasteiger partial charge in [-0.3, -0.25) is 9.59 Å². The highest BCUT2D eigenvalue weighted by molar-refractivity contribution is 6.17. The molecular formula is C36H26O6. The average Bonchev–Trinajstić information content (AvgIpc) is 3.61. The third-order valence-corrected chi connectivity index (χ3v) is 8.38. The van der Waals surface area contributed by atoms with Crippen molar-refractivity contribution in [3.05, 3.63) is 101 Å². The van der Waals surface area contributed by atoms with Gasteiger partial charge in [-0.05, 0) is 46.5 Å². The lowest BCUT2D eigenvalue weighted by molar-refractivity contribution is -0.168. The molecule has 5 aromatic carbocycles. The van der Waals surface area contributed by atoms with E-state index < -0.39 is 17.4 Å². The van der Waals surface area contributed by atoms with Crippen molar-refractivity contribution in [2.24, 2.45) is 5.41 Å². The maximum absolute atomic E-state index is 13.1. The average molecular weight is 555 g/mol. The molecule has 7 rings (SSSR count). The first-order valence-electron chi connectivity index (χ1n) is 13.6. The number of rotatable bonds is 3. The molecule has 0 saturated heterocycles. The molecule has 1 heterocycles. The molecule has 0 N–H and O–H groups in total. The summed E-state index contributed by atoms with van der Waals surface area (Å²) < 4.78 is 22.5. The van der Waals surface area contributed by atoms with E-state index in [9.17, 15) is 9.59 Å². The van der Waals surface area contributed by atoms with Gasteiger partial charge in [-0.15, -0.1) is 0 Å². The van der Waals surface area contributed by atoms with Crippen LogP contribution in [0.4, 0.5) is 0 Å². The third kappa shape index (κ3) is 3.67. The van der Waals surface area contributed by atoms with Crippen LogP contribution in [0.15, 0.2) is 83.3 Å². The number of benzene rings is 5. The Morgan fingerprint density at radius 3 is 2.14 bits per heavy atom. The van der Waals surface area contributed by atoms with Crippen molar-refractivity contribution in [1.29, 1.82) is 0 Å². The number of carbonyl (C=O) groups excluding carboxylic acids is 2. The summed E-state index contributed by atoms with van der Waals surface area (Å²) in [6, 6.07) is 26.1. The molecule has 0 unspecified atom stereocenters. The standard InChI is InChI=1S/C36H26O6/c1-39-32-23(13-12-21-8-4-6-10-25(21)32)15-16-27-29-20-36(34(37)40-2,35(38)41-3)19-24(29)18-30-31(27)28-17-14-22-9-5-7-11-26(22)33(28)42-30/h4-14,17-18H,19-20H2,1-3H3. The lowest BCUT2D eigenvalue weighted by atomic mass is 9.84. The summed E-state index contributed by atoms with van der Waals surface area (Å²) >= 11 is 0. The van der Waals surface area contributed by atoms with Crippen LogP contribution in [0.3, 0.4) is 0 Å². The number of ether oxygens (including phenoxy) is 3. The van der Waals surface area contributed by atoms with Crippen molar-refractivity contribution in [1.82, 2.24) is 0 Å². The molecule has 6 heteroatoms. The van der Waals surface area contributed by atoms with Crippen molar-refractivity contribution < 1.29 is 28.2 Å². The fourth-order valence-electron chi connectivity index (χ4n) is 6.40. The van der Waals surface area contributed by atoms with Gasteiger partial charge in [-0.25, -0.2) is 0 Å². The van der Waals surface area contributed by atoms with E-state index in [0.29, 0.717) is 16.9 Å². The molecule has 206 valence electrons. The van der Waals surface area contributed by atoms with Crippen LogP contribution in [0.2, 0.25) is 0 Å². The molecular weight excluding hydrogens is 528 g/mol. The first-order chi connectivity index (χ1) is 20.5. The van der Waals surface area contributed by atoms with Gasteiger partial charge in [0.1, 0.15) is 16.9 Å². The largest absolute Gasteiger partial charge is 0.495 e. The van der Waals surface area contributed by atoms with Gasteiger partial charge in [-0.1, -0.05) is 72.5 Å². The predicted molar refractivity (Wildman–Crippen MR) is 162 cm³/mol.